The lowest BCUT2D eigenvalue weighted by Gasteiger charge is -1.93. The molecule has 0 N–H and O–H groups in total. The van der Waals surface area contributed by atoms with Gasteiger partial charge in [-0.3, -0.25) is 0 Å². The van der Waals surface area contributed by atoms with Gasteiger partial charge in [-0.05, 0) is 6.42 Å². The van der Waals surface area contributed by atoms with Crippen molar-refractivity contribution >= 4 is 0 Å². The zero-order valence-electron chi connectivity index (χ0n) is 4.48. The Balaban J connectivity index is 2.45. The number of rotatable bonds is 4. The van der Waals surface area contributed by atoms with Crippen molar-refractivity contribution in [2.24, 2.45) is 0 Å². The van der Waals surface area contributed by atoms with Crippen molar-refractivity contribution in [3.05, 3.63) is 6.67 Å². The van der Waals surface area contributed by atoms with Crippen LogP contribution < -0.4 is 0 Å². The van der Waals surface area contributed by atoms with Gasteiger partial charge in [0.1, 0.15) is 0 Å². The largest absolute Gasteiger partial charge is 0.378 e. The van der Waals surface area contributed by atoms with E-state index < -0.39 is 0 Å². The standard InChI is InChI=1S/C5H10FO/c1-2-4-7-5-3-6/h3H,2,4-5H2,1H3. The Kier molecular flexibility index (Phi) is 5.80. The van der Waals surface area contributed by atoms with Crippen LogP contribution in [-0.4, -0.2) is 13.2 Å². The normalized spacial score (nSPS) is 9.43. The second-order valence-electron chi connectivity index (χ2n) is 1.23. The molecule has 0 fully saturated rings. The molecule has 7 heavy (non-hydrogen) atoms. The molecule has 0 aromatic heterocycles. The highest BCUT2D eigenvalue weighted by Gasteiger charge is 1.81. The molecule has 0 rings (SSSR count). The molecule has 0 aliphatic rings. The van der Waals surface area contributed by atoms with Gasteiger partial charge in [0, 0.05) is 6.61 Å². The molecular formula is C5H10FO. The van der Waals surface area contributed by atoms with Crippen molar-refractivity contribution in [2.45, 2.75) is 13.3 Å². The summed E-state index contributed by atoms with van der Waals surface area (Å²) in [6, 6.07) is 0. The summed E-state index contributed by atoms with van der Waals surface area (Å²) in [5, 5.41) is 0. The number of hydrogen-bond acceptors (Lipinski definition) is 1. The van der Waals surface area contributed by atoms with Gasteiger partial charge in [-0.25, -0.2) is 4.39 Å². The summed E-state index contributed by atoms with van der Waals surface area (Å²) < 4.78 is 15.8. The monoisotopic (exact) mass is 105 g/mol. The molecule has 0 atom stereocenters. The SMILES string of the molecule is CCCOC[CH]F. The highest BCUT2D eigenvalue weighted by atomic mass is 19.1. The third kappa shape index (κ3) is 5.89. The van der Waals surface area contributed by atoms with E-state index in [1.165, 1.54) is 0 Å². The molecular weight excluding hydrogens is 95.1 g/mol. The van der Waals surface area contributed by atoms with Crippen molar-refractivity contribution in [1.82, 2.24) is 0 Å². The Bertz CT molecular complexity index is 27.3. The average Bonchev–Trinajstić information content (AvgIpc) is 1.69. The molecule has 0 aliphatic carbocycles. The molecule has 0 spiro atoms. The summed E-state index contributed by atoms with van der Waals surface area (Å²) in [4.78, 5) is 0. The van der Waals surface area contributed by atoms with Gasteiger partial charge in [-0.2, -0.15) is 0 Å². The molecule has 43 valence electrons. The van der Waals surface area contributed by atoms with Crippen LogP contribution in [0.15, 0.2) is 0 Å². The van der Waals surface area contributed by atoms with E-state index in [2.05, 4.69) is 0 Å². The molecule has 0 aliphatic heterocycles. The third-order valence-electron chi connectivity index (χ3n) is 0.529. The van der Waals surface area contributed by atoms with Crippen LogP contribution in [0, 0.1) is 6.67 Å². The van der Waals surface area contributed by atoms with Crippen molar-refractivity contribution < 1.29 is 9.13 Å². The van der Waals surface area contributed by atoms with Crippen LogP contribution >= 0.6 is 0 Å². The predicted molar refractivity (Wildman–Crippen MR) is 26.5 cm³/mol. The van der Waals surface area contributed by atoms with Crippen molar-refractivity contribution in [3.8, 4) is 0 Å². The lowest BCUT2D eigenvalue weighted by atomic mass is 10.5. The van der Waals surface area contributed by atoms with Gasteiger partial charge in [-0.15, -0.1) is 0 Å². The fourth-order valence-electron chi connectivity index (χ4n) is 0.272. The first-order valence-electron chi connectivity index (χ1n) is 2.41. The summed E-state index contributed by atoms with van der Waals surface area (Å²) in [6.07, 6.45) is 0.952. The van der Waals surface area contributed by atoms with E-state index >= 15 is 0 Å². The van der Waals surface area contributed by atoms with Gasteiger partial charge < -0.3 is 4.74 Å². The van der Waals surface area contributed by atoms with Crippen LogP contribution in [0.4, 0.5) is 4.39 Å². The molecule has 0 saturated heterocycles. The van der Waals surface area contributed by atoms with E-state index in [1.807, 2.05) is 6.92 Å². The fourth-order valence-corrected chi connectivity index (χ4v) is 0.272. The minimum absolute atomic E-state index is 0.133. The van der Waals surface area contributed by atoms with Gasteiger partial charge in [-0.1, -0.05) is 6.92 Å². The molecule has 0 amide bonds. The van der Waals surface area contributed by atoms with Gasteiger partial charge in [0.2, 0.25) is 0 Å². The quantitative estimate of drug-likeness (QED) is 0.493. The summed E-state index contributed by atoms with van der Waals surface area (Å²) in [5.74, 6) is 0. The molecule has 0 unspecified atom stereocenters. The molecule has 0 bridgehead atoms. The maximum Gasteiger partial charge on any atom is 0.157 e. The first kappa shape index (κ1) is 6.89. The predicted octanol–water partition coefficient (Wildman–Crippen LogP) is 1.54. The minimum Gasteiger partial charge on any atom is -0.378 e. The van der Waals surface area contributed by atoms with Crippen LogP contribution in [0.3, 0.4) is 0 Å². The number of hydrogen-bond donors (Lipinski definition) is 0. The molecule has 1 nitrogen and oxygen atoms in total. The average molecular weight is 105 g/mol. The summed E-state index contributed by atoms with van der Waals surface area (Å²) in [7, 11) is 0. The Hall–Kier alpha value is -0.110. The lowest BCUT2D eigenvalue weighted by molar-refractivity contribution is 0.140. The van der Waals surface area contributed by atoms with E-state index in [0.717, 1.165) is 6.42 Å². The summed E-state index contributed by atoms with van der Waals surface area (Å²) in [6.45, 7) is 3.28. The molecule has 0 aromatic rings. The number of halogens is 1. The molecule has 0 saturated carbocycles. The summed E-state index contributed by atoms with van der Waals surface area (Å²) in [5.41, 5.74) is 0. The second-order valence-corrected chi connectivity index (χ2v) is 1.23. The maximum absolute atomic E-state index is 11.1. The van der Waals surface area contributed by atoms with Crippen LogP contribution in [0.25, 0.3) is 0 Å². The van der Waals surface area contributed by atoms with Gasteiger partial charge in [0.25, 0.3) is 0 Å². The first-order chi connectivity index (χ1) is 3.41. The fraction of sp³-hybridized carbons (Fsp3) is 0.800. The van der Waals surface area contributed by atoms with Crippen molar-refractivity contribution in [3.63, 3.8) is 0 Å². The molecule has 0 heterocycles. The number of ether oxygens (including phenoxy) is 1. The maximum atomic E-state index is 11.1. The second kappa shape index (κ2) is 5.89. The zero-order valence-corrected chi connectivity index (χ0v) is 4.48. The highest BCUT2D eigenvalue weighted by molar-refractivity contribution is 4.39. The van der Waals surface area contributed by atoms with Crippen LogP contribution in [0.2, 0.25) is 0 Å². The Labute approximate surface area is 43.5 Å². The molecule has 0 aromatic carbocycles. The molecule has 2 heteroatoms. The Morgan fingerprint density at radius 1 is 1.71 bits per heavy atom. The highest BCUT2D eigenvalue weighted by Crippen LogP contribution is 1.82. The molecule has 1 radical (unpaired) electrons. The third-order valence-corrected chi connectivity index (χ3v) is 0.529. The Morgan fingerprint density at radius 3 is 2.86 bits per heavy atom. The lowest BCUT2D eigenvalue weighted by Crippen LogP contribution is -1.92. The van der Waals surface area contributed by atoms with Crippen molar-refractivity contribution in [1.29, 1.82) is 0 Å². The summed E-state index contributed by atoms with van der Waals surface area (Å²) >= 11 is 0. The topological polar surface area (TPSA) is 9.23 Å². The van der Waals surface area contributed by atoms with Crippen molar-refractivity contribution in [2.75, 3.05) is 13.2 Å². The van der Waals surface area contributed by atoms with E-state index in [0.29, 0.717) is 13.3 Å². The van der Waals surface area contributed by atoms with E-state index in [9.17, 15) is 4.39 Å². The first-order valence-corrected chi connectivity index (χ1v) is 2.41. The van der Waals surface area contributed by atoms with Gasteiger partial charge in [0.15, 0.2) is 6.67 Å². The van der Waals surface area contributed by atoms with E-state index in [4.69, 9.17) is 4.74 Å². The van der Waals surface area contributed by atoms with Gasteiger partial charge in [0.05, 0.1) is 6.61 Å². The van der Waals surface area contributed by atoms with Crippen LogP contribution in [0.1, 0.15) is 13.3 Å². The zero-order chi connectivity index (χ0) is 5.54. The van der Waals surface area contributed by atoms with Crippen LogP contribution in [-0.2, 0) is 4.74 Å². The minimum atomic E-state index is 0.133. The Morgan fingerprint density at radius 2 is 2.43 bits per heavy atom. The van der Waals surface area contributed by atoms with Gasteiger partial charge >= 0.3 is 0 Å². The van der Waals surface area contributed by atoms with E-state index in [-0.39, 0.29) is 6.61 Å². The smallest absolute Gasteiger partial charge is 0.157 e. The van der Waals surface area contributed by atoms with E-state index in [1.54, 1.807) is 0 Å². The van der Waals surface area contributed by atoms with Crippen LogP contribution in [0.5, 0.6) is 0 Å².